The fourth-order valence-electron chi connectivity index (χ4n) is 2.32. The van der Waals surface area contributed by atoms with Crippen LogP contribution >= 0.6 is 0 Å². The predicted octanol–water partition coefficient (Wildman–Crippen LogP) is 2.43. The zero-order valence-electron chi connectivity index (χ0n) is 7.42. The minimum absolute atomic E-state index is 0.325. The summed E-state index contributed by atoms with van der Waals surface area (Å²) in [5.74, 6) is 0.574. The molecule has 0 aromatic heterocycles. The summed E-state index contributed by atoms with van der Waals surface area (Å²) in [6, 6.07) is 0. The van der Waals surface area contributed by atoms with Crippen LogP contribution in [0.1, 0.15) is 32.1 Å². The summed E-state index contributed by atoms with van der Waals surface area (Å²) in [7, 11) is 0. The number of allylic oxidation sites excluding steroid dienone is 4. The lowest BCUT2D eigenvalue weighted by atomic mass is 9.87. The quantitative estimate of drug-likeness (QED) is 0.664. The molecule has 0 unspecified atom stereocenters. The molecule has 2 aliphatic carbocycles. The molecule has 0 saturated heterocycles. The topological polar surface area (TPSA) is 20.2 Å². The molecule has 66 valence electrons. The molecular formula is C11H16O. The summed E-state index contributed by atoms with van der Waals surface area (Å²) >= 11 is 0. The Bertz CT molecular complexity index is 225. The van der Waals surface area contributed by atoms with E-state index < -0.39 is 0 Å². The second-order valence-corrected chi connectivity index (χ2v) is 3.74. The van der Waals surface area contributed by atoms with Gasteiger partial charge in [-0.25, -0.2) is 0 Å². The Morgan fingerprint density at radius 1 is 1.33 bits per heavy atom. The van der Waals surface area contributed by atoms with Crippen LogP contribution in [-0.2, 0) is 0 Å². The predicted molar refractivity (Wildman–Crippen MR) is 49.8 cm³/mol. The Kier molecular flexibility index (Phi) is 2.31. The Morgan fingerprint density at radius 3 is 3.00 bits per heavy atom. The van der Waals surface area contributed by atoms with Crippen molar-refractivity contribution in [1.29, 1.82) is 0 Å². The molecule has 1 heteroatoms. The normalized spacial score (nSPS) is 27.9. The fraction of sp³-hybridized carbons (Fsp3) is 0.636. The summed E-state index contributed by atoms with van der Waals surface area (Å²) in [4.78, 5) is 0. The van der Waals surface area contributed by atoms with Gasteiger partial charge < -0.3 is 5.11 Å². The maximum Gasteiger partial charge on any atom is 0.0439 e. The van der Waals surface area contributed by atoms with Gasteiger partial charge in [0.2, 0.25) is 0 Å². The Morgan fingerprint density at radius 2 is 2.17 bits per heavy atom. The van der Waals surface area contributed by atoms with E-state index in [1.54, 1.807) is 11.1 Å². The third kappa shape index (κ3) is 1.34. The molecule has 0 aliphatic heterocycles. The van der Waals surface area contributed by atoms with Crippen LogP contribution < -0.4 is 0 Å². The smallest absolute Gasteiger partial charge is 0.0439 e. The van der Waals surface area contributed by atoms with Crippen molar-refractivity contribution in [2.75, 3.05) is 6.61 Å². The van der Waals surface area contributed by atoms with Crippen LogP contribution in [0.2, 0.25) is 0 Å². The van der Waals surface area contributed by atoms with E-state index in [4.69, 9.17) is 5.11 Å². The van der Waals surface area contributed by atoms with E-state index in [1.807, 2.05) is 0 Å². The molecule has 0 amide bonds. The number of hydrogen-bond donors (Lipinski definition) is 1. The van der Waals surface area contributed by atoms with Crippen molar-refractivity contribution in [3.05, 3.63) is 23.3 Å². The molecular weight excluding hydrogens is 148 g/mol. The molecule has 0 fully saturated rings. The van der Waals surface area contributed by atoms with Gasteiger partial charge in [0.15, 0.2) is 0 Å². The lowest BCUT2D eigenvalue weighted by Gasteiger charge is -2.18. The van der Waals surface area contributed by atoms with Gasteiger partial charge >= 0.3 is 0 Å². The van der Waals surface area contributed by atoms with Gasteiger partial charge in [0.05, 0.1) is 0 Å². The highest BCUT2D eigenvalue weighted by Gasteiger charge is 2.21. The van der Waals surface area contributed by atoms with Crippen molar-refractivity contribution in [1.82, 2.24) is 0 Å². The zero-order valence-corrected chi connectivity index (χ0v) is 7.42. The highest BCUT2D eigenvalue weighted by Crippen LogP contribution is 2.37. The number of rotatable bonds is 2. The van der Waals surface area contributed by atoms with E-state index in [9.17, 15) is 0 Å². The molecule has 0 spiro atoms. The van der Waals surface area contributed by atoms with Crippen LogP contribution in [0.5, 0.6) is 0 Å². The van der Waals surface area contributed by atoms with Crippen molar-refractivity contribution in [2.45, 2.75) is 32.1 Å². The van der Waals surface area contributed by atoms with Gasteiger partial charge in [-0.1, -0.05) is 17.7 Å². The van der Waals surface area contributed by atoms with E-state index in [0.29, 0.717) is 12.5 Å². The fourth-order valence-corrected chi connectivity index (χ4v) is 2.32. The SMILES string of the molecule is OCC[C@H]1C=CC2=C1CCCC2. The van der Waals surface area contributed by atoms with Crippen molar-refractivity contribution in [3.63, 3.8) is 0 Å². The van der Waals surface area contributed by atoms with Gasteiger partial charge in [-0.15, -0.1) is 0 Å². The first-order chi connectivity index (χ1) is 5.92. The van der Waals surface area contributed by atoms with Gasteiger partial charge in [0, 0.05) is 12.5 Å². The molecule has 1 N–H and O–H groups in total. The highest BCUT2D eigenvalue weighted by molar-refractivity contribution is 5.38. The molecule has 0 heterocycles. The van der Waals surface area contributed by atoms with Crippen molar-refractivity contribution >= 4 is 0 Å². The second kappa shape index (κ2) is 3.44. The van der Waals surface area contributed by atoms with Gasteiger partial charge in [-0.3, -0.25) is 0 Å². The van der Waals surface area contributed by atoms with Crippen molar-refractivity contribution < 1.29 is 5.11 Å². The summed E-state index contributed by atoms with van der Waals surface area (Å²) in [5.41, 5.74) is 3.19. The first-order valence-electron chi connectivity index (χ1n) is 4.93. The van der Waals surface area contributed by atoms with Crippen LogP contribution in [0.25, 0.3) is 0 Å². The third-order valence-corrected chi connectivity index (χ3v) is 2.97. The summed E-state index contributed by atoms with van der Waals surface area (Å²) in [6.07, 6.45) is 10.7. The molecule has 0 aromatic rings. The molecule has 0 aromatic carbocycles. The molecule has 0 bridgehead atoms. The summed E-state index contributed by atoms with van der Waals surface area (Å²) in [5, 5.41) is 8.86. The lowest BCUT2D eigenvalue weighted by Crippen LogP contribution is -2.05. The highest BCUT2D eigenvalue weighted by atomic mass is 16.3. The van der Waals surface area contributed by atoms with Gasteiger partial charge in [0.25, 0.3) is 0 Å². The molecule has 0 saturated carbocycles. The third-order valence-electron chi connectivity index (χ3n) is 2.97. The molecule has 1 nitrogen and oxygen atoms in total. The van der Waals surface area contributed by atoms with Crippen LogP contribution in [0, 0.1) is 5.92 Å². The lowest BCUT2D eigenvalue weighted by molar-refractivity contribution is 0.276. The minimum Gasteiger partial charge on any atom is -0.396 e. The molecule has 2 aliphatic rings. The zero-order chi connectivity index (χ0) is 8.39. The van der Waals surface area contributed by atoms with E-state index in [-0.39, 0.29) is 0 Å². The standard InChI is InChI=1S/C11H16O/c12-8-7-10-6-5-9-3-1-2-4-11(9)10/h5-6,10,12H,1-4,7-8H2/t10-/m1/s1. The number of aliphatic hydroxyl groups is 1. The molecule has 2 rings (SSSR count). The average molecular weight is 164 g/mol. The maximum absolute atomic E-state index is 8.86. The van der Waals surface area contributed by atoms with Crippen molar-refractivity contribution in [3.8, 4) is 0 Å². The maximum atomic E-state index is 8.86. The van der Waals surface area contributed by atoms with Gasteiger partial charge in [0.1, 0.15) is 0 Å². The van der Waals surface area contributed by atoms with Crippen LogP contribution in [0.15, 0.2) is 23.3 Å². The molecule has 0 radical (unpaired) electrons. The summed E-state index contributed by atoms with van der Waals surface area (Å²) in [6.45, 7) is 0.325. The Balaban J connectivity index is 2.10. The van der Waals surface area contributed by atoms with Gasteiger partial charge in [-0.05, 0) is 37.7 Å². The number of hydrogen-bond acceptors (Lipinski definition) is 1. The van der Waals surface area contributed by atoms with E-state index >= 15 is 0 Å². The minimum atomic E-state index is 0.325. The molecule has 1 atom stereocenters. The van der Waals surface area contributed by atoms with E-state index in [1.165, 1.54) is 25.7 Å². The average Bonchev–Trinajstić information content (AvgIpc) is 2.50. The first kappa shape index (κ1) is 8.06. The number of aliphatic hydroxyl groups excluding tert-OH is 1. The van der Waals surface area contributed by atoms with E-state index in [0.717, 1.165) is 6.42 Å². The largest absolute Gasteiger partial charge is 0.396 e. The Labute approximate surface area is 73.8 Å². The van der Waals surface area contributed by atoms with Crippen molar-refractivity contribution in [2.24, 2.45) is 5.92 Å². The van der Waals surface area contributed by atoms with Crippen LogP contribution in [0.4, 0.5) is 0 Å². The van der Waals surface area contributed by atoms with Crippen LogP contribution in [-0.4, -0.2) is 11.7 Å². The monoisotopic (exact) mass is 164 g/mol. The second-order valence-electron chi connectivity index (χ2n) is 3.74. The molecule has 12 heavy (non-hydrogen) atoms. The van der Waals surface area contributed by atoms with Crippen LogP contribution in [0.3, 0.4) is 0 Å². The van der Waals surface area contributed by atoms with E-state index in [2.05, 4.69) is 12.2 Å². The van der Waals surface area contributed by atoms with Gasteiger partial charge in [-0.2, -0.15) is 0 Å². The first-order valence-corrected chi connectivity index (χ1v) is 4.93. The summed E-state index contributed by atoms with van der Waals surface area (Å²) < 4.78 is 0. The Hall–Kier alpha value is -0.560.